The van der Waals surface area contributed by atoms with Crippen LogP contribution in [0.1, 0.15) is 43.5 Å². The van der Waals surface area contributed by atoms with Crippen LogP contribution in [0.25, 0.3) is 5.65 Å². The van der Waals surface area contributed by atoms with Gasteiger partial charge in [-0.15, -0.1) is 11.3 Å². The highest BCUT2D eigenvalue weighted by Crippen LogP contribution is 2.39. The number of thiophene rings is 1. The molecule has 0 aromatic carbocycles. The Morgan fingerprint density at radius 1 is 1.27 bits per heavy atom. The predicted octanol–water partition coefficient (Wildman–Crippen LogP) is 4.74. The summed E-state index contributed by atoms with van der Waals surface area (Å²) in [6.45, 7) is 0.0221. The van der Waals surface area contributed by atoms with E-state index in [0.717, 1.165) is 29.7 Å². The Bertz CT molecular complexity index is 1260. The number of furan rings is 1. The molecule has 0 aliphatic heterocycles. The molecule has 152 valence electrons. The molecule has 1 N–H and O–H groups in total. The maximum Gasteiger partial charge on any atom is 0.341 e. The molecule has 0 fully saturated rings. The lowest BCUT2D eigenvalue weighted by molar-refractivity contribution is 0.0469. The van der Waals surface area contributed by atoms with E-state index in [2.05, 4.69) is 10.3 Å². The molecule has 1 aliphatic rings. The summed E-state index contributed by atoms with van der Waals surface area (Å²) in [5.74, 6) is -0.684. The maximum atomic E-state index is 13.0. The van der Waals surface area contributed by atoms with Gasteiger partial charge in [-0.05, 0) is 49.1 Å². The van der Waals surface area contributed by atoms with Crippen molar-refractivity contribution in [3.05, 3.63) is 75.4 Å². The van der Waals surface area contributed by atoms with Crippen LogP contribution in [0.2, 0.25) is 5.02 Å². The van der Waals surface area contributed by atoms with Gasteiger partial charge in [-0.1, -0.05) is 11.6 Å². The summed E-state index contributed by atoms with van der Waals surface area (Å²) in [4.78, 5) is 30.9. The van der Waals surface area contributed by atoms with Crippen LogP contribution in [-0.2, 0) is 24.2 Å². The first-order valence-electron chi connectivity index (χ1n) is 9.38. The molecule has 4 aromatic rings. The fourth-order valence-electron chi connectivity index (χ4n) is 3.58. The zero-order valence-corrected chi connectivity index (χ0v) is 17.3. The minimum absolute atomic E-state index is 0.0221. The van der Waals surface area contributed by atoms with Crippen molar-refractivity contribution in [1.82, 2.24) is 9.38 Å². The lowest BCUT2D eigenvalue weighted by Crippen LogP contribution is -2.14. The standard InChI is InChI=1S/C21H16ClN3O4S/c22-12-6-7-17-23-13(10-25(17)9-12)11-29-21(27)18-14-3-1-5-16(14)30-20(18)24-19(26)15-4-2-8-28-15/h2,4,6-10H,1,3,5,11H2,(H,24,26). The lowest BCUT2D eigenvalue weighted by Gasteiger charge is -2.07. The Labute approximate surface area is 180 Å². The van der Waals surface area contributed by atoms with Crippen molar-refractivity contribution in [2.24, 2.45) is 0 Å². The number of imidazole rings is 1. The molecular weight excluding hydrogens is 426 g/mol. The molecule has 0 unspecified atom stereocenters. The quantitative estimate of drug-likeness (QED) is 0.452. The van der Waals surface area contributed by atoms with E-state index in [1.165, 1.54) is 17.6 Å². The van der Waals surface area contributed by atoms with Gasteiger partial charge in [0.15, 0.2) is 5.76 Å². The van der Waals surface area contributed by atoms with Crippen molar-refractivity contribution in [1.29, 1.82) is 0 Å². The smallest absolute Gasteiger partial charge is 0.341 e. The molecule has 4 aromatic heterocycles. The van der Waals surface area contributed by atoms with Crippen LogP contribution in [0.3, 0.4) is 0 Å². The second-order valence-corrected chi connectivity index (χ2v) is 8.46. The molecule has 4 heterocycles. The fourth-order valence-corrected chi connectivity index (χ4v) is 5.02. The van der Waals surface area contributed by atoms with Crippen LogP contribution >= 0.6 is 22.9 Å². The van der Waals surface area contributed by atoms with Gasteiger partial charge in [0.25, 0.3) is 5.91 Å². The first kappa shape index (κ1) is 18.9. The number of ether oxygens (including phenoxy) is 1. The Kier molecular flexibility index (Phi) is 4.80. The minimum Gasteiger partial charge on any atom is -0.459 e. The normalized spacial score (nSPS) is 12.8. The van der Waals surface area contributed by atoms with E-state index in [1.54, 1.807) is 41.1 Å². The number of halogens is 1. The molecule has 0 saturated heterocycles. The third-order valence-electron chi connectivity index (χ3n) is 4.91. The van der Waals surface area contributed by atoms with Crippen LogP contribution in [0, 0.1) is 0 Å². The van der Waals surface area contributed by atoms with E-state index < -0.39 is 11.9 Å². The molecule has 0 radical (unpaired) electrons. The van der Waals surface area contributed by atoms with Gasteiger partial charge in [-0.2, -0.15) is 0 Å². The molecule has 0 spiro atoms. The number of carbonyl (C=O) groups excluding carboxylic acids is 2. The zero-order chi connectivity index (χ0) is 20.7. The van der Waals surface area contributed by atoms with Crippen molar-refractivity contribution < 1.29 is 18.7 Å². The number of anilines is 1. The van der Waals surface area contributed by atoms with E-state index in [0.29, 0.717) is 26.9 Å². The van der Waals surface area contributed by atoms with Crippen LogP contribution in [0.5, 0.6) is 0 Å². The number of nitrogens with one attached hydrogen (secondary N) is 1. The van der Waals surface area contributed by atoms with Crippen molar-refractivity contribution in [3.8, 4) is 0 Å². The predicted molar refractivity (Wildman–Crippen MR) is 112 cm³/mol. The molecule has 1 amide bonds. The average molecular weight is 442 g/mol. The summed E-state index contributed by atoms with van der Waals surface area (Å²) in [7, 11) is 0. The Morgan fingerprint density at radius 3 is 3.00 bits per heavy atom. The Balaban J connectivity index is 1.37. The number of amides is 1. The number of aromatic nitrogens is 2. The Morgan fingerprint density at radius 2 is 2.17 bits per heavy atom. The van der Waals surface area contributed by atoms with E-state index in [9.17, 15) is 9.59 Å². The molecule has 1 aliphatic carbocycles. The number of aryl methyl sites for hydroxylation is 1. The molecule has 0 bridgehead atoms. The highest BCUT2D eigenvalue weighted by atomic mass is 35.5. The maximum absolute atomic E-state index is 13.0. The van der Waals surface area contributed by atoms with E-state index in [4.69, 9.17) is 20.8 Å². The van der Waals surface area contributed by atoms with E-state index >= 15 is 0 Å². The number of rotatable bonds is 5. The molecule has 9 heteroatoms. The van der Waals surface area contributed by atoms with Gasteiger partial charge in [0, 0.05) is 17.3 Å². The number of esters is 1. The van der Waals surface area contributed by atoms with Crippen molar-refractivity contribution >= 4 is 45.5 Å². The van der Waals surface area contributed by atoms with Gasteiger partial charge in [0.2, 0.25) is 0 Å². The van der Waals surface area contributed by atoms with E-state index in [1.807, 2.05) is 0 Å². The van der Waals surface area contributed by atoms with Crippen molar-refractivity contribution in [3.63, 3.8) is 0 Å². The molecule has 0 saturated carbocycles. The SMILES string of the molecule is O=C(Nc1sc2c(c1C(=O)OCc1cn3cc(Cl)ccc3n1)CCC2)c1ccco1. The van der Waals surface area contributed by atoms with Crippen LogP contribution in [0.15, 0.2) is 47.3 Å². The van der Waals surface area contributed by atoms with Gasteiger partial charge in [-0.25, -0.2) is 9.78 Å². The topological polar surface area (TPSA) is 85.8 Å². The molecule has 30 heavy (non-hydrogen) atoms. The van der Waals surface area contributed by atoms with Crippen LogP contribution in [0.4, 0.5) is 5.00 Å². The van der Waals surface area contributed by atoms with Gasteiger partial charge < -0.3 is 18.9 Å². The van der Waals surface area contributed by atoms with E-state index in [-0.39, 0.29) is 12.4 Å². The number of fused-ring (bicyclic) bond motifs is 2. The summed E-state index contributed by atoms with van der Waals surface area (Å²) in [5, 5.41) is 3.89. The highest BCUT2D eigenvalue weighted by Gasteiger charge is 2.29. The fraction of sp³-hybridized carbons (Fsp3) is 0.190. The largest absolute Gasteiger partial charge is 0.459 e. The number of hydrogen-bond donors (Lipinski definition) is 1. The zero-order valence-electron chi connectivity index (χ0n) is 15.7. The highest BCUT2D eigenvalue weighted by molar-refractivity contribution is 7.17. The molecule has 5 rings (SSSR count). The minimum atomic E-state index is -0.473. The van der Waals surface area contributed by atoms with Gasteiger partial charge in [0.05, 0.1) is 22.5 Å². The van der Waals surface area contributed by atoms with Gasteiger partial charge in [0.1, 0.15) is 17.3 Å². The summed E-state index contributed by atoms with van der Waals surface area (Å²) in [6, 6.07) is 6.76. The monoisotopic (exact) mass is 441 g/mol. The molecular formula is C21H16ClN3O4S. The number of nitrogens with zero attached hydrogens (tertiary/aromatic N) is 2. The Hall–Kier alpha value is -3.10. The average Bonchev–Trinajstić information content (AvgIpc) is 3.48. The number of hydrogen-bond acceptors (Lipinski definition) is 6. The summed E-state index contributed by atoms with van der Waals surface area (Å²) < 4.78 is 12.5. The molecule has 7 nitrogen and oxygen atoms in total. The number of pyridine rings is 1. The lowest BCUT2D eigenvalue weighted by atomic mass is 10.1. The first-order valence-corrected chi connectivity index (χ1v) is 10.6. The summed E-state index contributed by atoms with van der Waals surface area (Å²) in [5.41, 5.74) is 2.72. The second-order valence-electron chi connectivity index (χ2n) is 6.91. The third kappa shape index (κ3) is 3.48. The summed E-state index contributed by atoms with van der Waals surface area (Å²) in [6.07, 6.45) is 7.61. The summed E-state index contributed by atoms with van der Waals surface area (Å²) >= 11 is 7.42. The van der Waals surface area contributed by atoms with Crippen molar-refractivity contribution in [2.45, 2.75) is 25.9 Å². The first-order chi connectivity index (χ1) is 14.6. The van der Waals surface area contributed by atoms with Crippen molar-refractivity contribution in [2.75, 3.05) is 5.32 Å². The number of carbonyl (C=O) groups is 2. The molecule has 0 atom stereocenters. The second kappa shape index (κ2) is 7.62. The van der Waals surface area contributed by atoms with Crippen LogP contribution < -0.4 is 5.32 Å². The van der Waals surface area contributed by atoms with Gasteiger partial charge >= 0.3 is 5.97 Å². The van der Waals surface area contributed by atoms with Gasteiger partial charge in [-0.3, -0.25) is 4.79 Å². The third-order valence-corrected chi connectivity index (χ3v) is 6.34. The van der Waals surface area contributed by atoms with Crippen LogP contribution in [-0.4, -0.2) is 21.3 Å².